The minimum Gasteiger partial charge on any atom is -0.367 e. The molecule has 1 N–H and O–H groups in total. The Morgan fingerprint density at radius 3 is 2.44 bits per heavy atom. The highest BCUT2D eigenvalue weighted by atomic mass is 32.2. The molecule has 15 heteroatoms. The van der Waals surface area contributed by atoms with E-state index >= 15 is 0 Å². The van der Waals surface area contributed by atoms with Gasteiger partial charge in [-0.25, -0.2) is 21.9 Å². The molecule has 2 aliphatic rings. The largest absolute Gasteiger partial charge is 0.367 e. The summed E-state index contributed by atoms with van der Waals surface area (Å²) < 4.78 is 57.1. The van der Waals surface area contributed by atoms with Gasteiger partial charge in [0, 0.05) is 43.4 Å². The maximum absolute atomic E-state index is 13.4. The van der Waals surface area contributed by atoms with Gasteiger partial charge in [-0.2, -0.15) is 15.1 Å². The first-order valence-electron chi connectivity index (χ1n) is 12.2. The molecule has 1 aliphatic carbocycles. The first-order valence-corrected chi connectivity index (χ1v) is 14.5. The lowest BCUT2D eigenvalue weighted by atomic mass is 10.1. The molecule has 0 bridgehead atoms. The normalized spacial score (nSPS) is 17.1. The SMILES string of the molecule is Cc1ccncc1N1CCN(c2cc(S(=O)(=O)NC3(C#N)CC3)cc3c2cnn3-c2nnc(C(F)F)s2)CC1. The number of alkyl halides is 2. The standard InChI is InChI=1S/C24H23F2N9O2S2/c1-15-2-5-28-13-20(15)34-8-6-33(7-9-34)18-10-16(39(36,37)32-24(14-27)3-4-24)11-19-17(18)12-29-35(19)23-31-30-22(38-23)21(25)26/h2,5,10-13,21,32H,3-4,6-9H2,1H3. The summed E-state index contributed by atoms with van der Waals surface area (Å²) in [7, 11) is -4.08. The number of nitrogens with one attached hydrogen (secondary N) is 1. The molecule has 0 unspecified atom stereocenters. The third kappa shape index (κ3) is 4.68. The summed E-state index contributed by atoms with van der Waals surface area (Å²) in [5.74, 6) is 0. The number of fused-ring (bicyclic) bond motifs is 1. The van der Waals surface area contributed by atoms with Crippen molar-refractivity contribution in [1.29, 1.82) is 5.26 Å². The minimum atomic E-state index is -4.08. The van der Waals surface area contributed by atoms with E-state index in [0.29, 0.717) is 66.9 Å². The van der Waals surface area contributed by atoms with E-state index in [0.717, 1.165) is 11.3 Å². The number of rotatable bonds is 7. The van der Waals surface area contributed by atoms with Gasteiger partial charge >= 0.3 is 0 Å². The molecule has 1 aliphatic heterocycles. The number of nitrogens with zero attached hydrogens (tertiary/aromatic N) is 8. The van der Waals surface area contributed by atoms with Gasteiger partial charge in [0.15, 0.2) is 5.01 Å². The van der Waals surface area contributed by atoms with Gasteiger partial charge in [0.25, 0.3) is 6.43 Å². The quantitative estimate of drug-likeness (QED) is 0.355. The smallest absolute Gasteiger partial charge is 0.291 e. The summed E-state index contributed by atoms with van der Waals surface area (Å²) in [5.41, 5.74) is 2.09. The predicted octanol–water partition coefficient (Wildman–Crippen LogP) is 3.18. The van der Waals surface area contributed by atoms with Crippen LogP contribution in [-0.2, 0) is 10.0 Å². The molecular weight excluding hydrogens is 548 g/mol. The number of nitriles is 1. The lowest BCUT2D eigenvalue weighted by Crippen LogP contribution is -2.47. The minimum absolute atomic E-state index is 0.0441. The van der Waals surface area contributed by atoms with E-state index in [2.05, 4.69) is 34.8 Å². The van der Waals surface area contributed by atoms with Crippen molar-refractivity contribution in [2.75, 3.05) is 36.0 Å². The Morgan fingerprint density at radius 2 is 1.82 bits per heavy atom. The molecule has 0 atom stereocenters. The predicted molar refractivity (Wildman–Crippen MR) is 141 cm³/mol. The highest BCUT2D eigenvalue weighted by molar-refractivity contribution is 7.89. The number of benzene rings is 1. The van der Waals surface area contributed by atoms with Crippen LogP contribution in [0, 0.1) is 18.3 Å². The Labute approximate surface area is 226 Å². The zero-order valence-corrected chi connectivity index (χ0v) is 22.4. The number of anilines is 2. The van der Waals surface area contributed by atoms with Crippen LogP contribution in [0.15, 0.2) is 41.7 Å². The zero-order valence-electron chi connectivity index (χ0n) is 20.8. The molecule has 1 aromatic carbocycles. The summed E-state index contributed by atoms with van der Waals surface area (Å²) in [6, 6.07) is 7.02. The summed E-state index contributed by atoms with van der Waals surface area (Å²) in [6.07, 6.45) is 3.26. The fraction of sp³-hybridized carbons (Fsp3) is 0.375. The van der Waals surface area contributed by atoms with E-state index in [1.807, 2.05) is 25.3 Å². The Kier molecular flexibility index (Phi) is 6.20. The molecule has 11 nitrogen and oxygen atoms in total. The molecule has 39 heavy (non-hydrogen) atoms. The van der Waals surface area contributed by atoms with Crippen molar-refractivity contribution < 1.29 is 17.2 Å². The third-order valence-corrected chi connectivity index (χ3v) is 9.44. The van der Waals surface area contributed by atoms with E-state index in [4.69, 9.17) is 0 Å². The molecule has 202 valence electrons. The lowest BCUT2D eigenvalue weighted by molar-refractivity contribution is 0.150. The van der Waals surface area contributed by atoms with Crippen LogP contribution in [0.4, 0.5) is 20.2 Å². The first-order chi connectivity index (χ1) is 18.7. The number of pyridine rings is 1. The first kappa shape index (κ1) is 25.5. The van der Waals surface area contributed by atoms with Crippen LogP contribution in [0.3, 0.4) is 0 Å². The molecular formula is C24H23F2N9O2S2. The van der Waals surface area contributed by atoms with Crippen molar-refractivity contribution >= 4 is 43.6 Å². The number of halogens is 2. The van der Waals surface area contributed by atoms with Crippen molar-refractivity contribution in [3.63, 3.8) is 0 Å². The molecule has 6 rings (SSSR count). The number of aryl methyl sites for hydroxylation is 1. The highest BCUT2D eigenvalue weighted by Gasteiger charge is 2.47. The monoisotopic (exact) mass is 571 g/mol. The van der Waals surface area contributed by atoms with Crippen molar-refractivity contribution in [1.82, 2.24) is 29.7 Å². The Balaban J connectivity index is 1.40. The molecule has 1 saturated carbocycles. The van der Waals surface area contributed by atoms with Crippen LogP contribution >= 0.6 is 11.3 Å². The molecule has 2 fully saturated rings. The summed E-state index contributed by atoms with van der Waals surface area (Å²) in [4.78, 5) is 8.51. The molecule has 1 saturated heterocycles. The van der Waals surface area contributed by atoms with Crippen LogP contribution in [0.1, 0.15) is 29.8 Å². The topological polar surface area (TPSA) is 133 Å². The highest BCUT2D eigenvalue weighted by Crippen LogP contribution is 2.38. The van der Waals surface area contributed by atoms with Crippen LogP contribution in [0.5, 0.6) is 0 Å². The maximum atomic E-state index is 13.4. The molecule has 0 amide bonds. The summed E-state index contributed by atoms with van der Waals surface area (Å²) in [6.45, 7) is 4.60. The van der Waals surface area contributed by atoms with E-state index in [1.54, 1.807) is 18.5 Å². The molecule has 4 heterocycles. The van der Waals surface area contributed by atoms with Gasteiger partial charge in [-0.3, -0.25) is 4.98 Å². The van der Waals surface area contributed by atoms with Gasteiger partial charge < -0.3 is 9.80 Å². The van der Waals surface area contributed by atoms with Crippen LogP contribution < -0.4 is 14.5 Å². The van der Waals surface area contributed by atoms with Gasteiger partial charge in [0.1, 0.15) is 5.54 Å². The van der Waals surface area contributed by atoms with Gasteiger partial charge in [0.05, 0.1) is 34.6 Å². The van der Waals surface area contributed by atoms with Crippen LogP contribution in [0.25, 0.3) is 16.0 Å². The van der Waals surface area contributed by atoms with Crippen molar-refractivity contribution in [2.24, 2.45) is 0 Å². The summed E-state index contributed by atoms with van der Waals surface area (Å²) >= 11 is 0.685. The molecule has 4 aromatic rings. The summed E-state index contributed by atoms with van der Waals surface area (Å²) in [5, 5.41) is 21.5. The van der Waals surface area contributed by atoms with Crippen molar-refractivity contribution in [3.8, 4) is 11.2 Å². The number of hydrogen-bond acceptors (Lipinski definition) is 10. The second-order valence-electron chi connectivity index (χ2n) is 9.59. The number of aromatic nitrogens is 5. The molecule has 0 spiro atoms. The Morgan fingerprint density at radius 1 is 1.10 bits per heavy atom. The van der Waals surface area contributed by atoms with E-state index in [-0.39, 0.29) is 10.0 Å². The average Bonchev–Trinajstić information content (AvgIpc) is 3.31. The zero-order chi connectivity index (χ0) is 27.4. The average molecular weight is 572 g/mol. The van der Waals surface area contributed by atoms with Crippen LogP contribution in [-0.4, -0.2) is 65.1 Å². The fourth-order valence-electron chi connectivity index (χ4n) is 4.71. The molecule has 3 aromatic heterocycles. The second-order valence-corrected chi connectivity index (χ2v) is 12.3. The maximum Gasteiger partial charge on any atom is 0.291 e. The Hall–Kier alpha value is -3.74. The van der Waals surface area contributed by atoms with E-state index in [9.17, 15) is 22.5 Å². The third-order valence-electron chi connectivity index (χ3n) is 7.01. The van der Waals surface area contributed by atoms with Gasteiger partial charge in [-0.1, -0.05) is 11.3 Å². The van der Waals surface area contributed by atoms with Gasteiger partial charge in [-0.05, 0) is 43.5 Å². The Bertz CT molecular complexity index is 1700. The van der Waals surface area contributed by atoms with Crippen LogP contribution in [0.2, 0.25) is 0 Å². The number of piperazine rings is 1. The van der Waals surface area contributed by atoms with E-state index in [1.165, 1.54) is 10.7 Å². The number of sulfonamides is 1. The number of hydrogen-bond donors (Lipinski definition) is 1. The van der Waals surface area contributed by atoms with Crippen molar-refractivity contribution in [2.45, 2.75) is 36.6 Å². The fourth-order valence-corrected chi connectivity index (χ4v) is 6.79. The van der Waals surface area contributed by atoms with Crippen molar-refractivity contribution in [3.05, 3.63) is 47.4 Å². The molecule has 0 radical (unpaired) electrons. The van der Waals surface area contributed by atoms with Gasteiger partial charge in [-0.15, -0.1) is 10.2 Å². The van der Waals surface area contributed by atoms with Gasteiger partial charge in [0.2, 0.25) is 15.2 Å². The van der Waals surface area contributed by atoms with E-state index < -0.39 is 27.0 Å². The lowest BCUT2D eigenvalue weighted by Gasteiger charge is -2.38. The second kappa shape index (κ2) is 9.47.